The first-order valence-corrected chi connectivity index (χ1v) is 9.69. The first-order valence-electron chi connectivity index (χ1n) is 8.02. The molecular formula is C17H27BrOS. The van der Waals surface area contributed by atoms with E-state index in [0.29, 0.717) is 12.2 Å². The minimum absolute atomic E-state index is 0.298. The maximum atomic E-state index is 11.9. The minimum Gasteiger partial charge on any atom is -0.293 e. The van der Waals surface area contributed by atoms with Gasteiger partial charge in [0.05, 0.1) is 4.88 Å². The van der Waals surface area contributed by atoms with Crippen molar-refractivity contribution in [2.24, 2.45) is 0 Å². The van der Waals surface area contributed by atoms with Gasteiger partial charge in [0.25, 0.3) is 0 Å². The summed E-state index contributed by atoms with van der Waals surface area (Å²) in [5, 5.41) is 1.97. The normalized spacial score (nSPS) is 10.9. The van der Waals surface area contributed by atoms with Crippen molar-refractivity contribution in [2.75, 3.05) is 0 Å². The van der Waals surface area contributed by atoms with Gasteiger partial charge in [-0.2, -0.15) is 0 Å². The predicted octanol–water partition coefficient (Wildman–Crippen LogP) is 7.00. The zero-order chi connectivity index (χ0) is 14.6. The highest BCUT2D eigenvalue weighted by Gasteiger charge is 2.10. The Morgan fingerprint density at radius 3 is 2.05 bits per heavy atom. The maximum absolute atomic E-state index is 11.9. The number of Topliss-reactive ketones (excluding diaryl/α,β-unsaturated/α-hetero) is 1. The summed E-state index contributed by atoms with van der Waals surface area (Å²) in [6.45, 7) is 2.26. The molecule has 0 saturated heterocycles. The van der Waals surface area contributed by atoms with Crippen LogP contribution in [0.2, 0.25) is 0 Å². The van der Waals surface area contributed by atoms with Crippen LogP contribution in [0.4, 0.5) is 0 Å². The average Bonchev–Trinajstić information content (AvgIpc) is 2.87. The molecule has 0 radical (unpaired) electrons. The van der Waals surface area contributed by atoms with E-state index in [1.165, 1.54) is 57.8 Å². The Bertz CT molecular complexity index is 373. The molecule has 0 unspecified atom stereocenters. The molecule has 1 rings (SSSR count). The predicted molar refractivity (Wildman–Crippen MR) is 92.8 cm³/mol. The number of hydrogen-bond acceptors (Lipinski definition) is 2. The standard InChI is InChI=1S/C17H27BrOS/c1-2-3-4-5-6-7-8-9-10-11-12-16(19)17-15(18)13-14-20-17/h13-14H,2-12H2,1H3. The van der Waals surface area contributed by atoms with E-state index >= 15 is 0 Å². The maximum Gasteiger partial charge on any atom is 0.173 e. The molecular weight excluding hydrogens is 332 g/mol. The van der Waals surface area contributed by atoms with Crippen molar-refractivity contribution in [2.45, 2.75) is 77.6 Å². The highest BCUT2D eigenvalue weighted by atomic mass is 79.9. The van der Waals surface area contributed by atoms with Crippen LogP contribution in [0.25, 0.3) is 0 Å². The van der Waals surface area contributed by atoms with E-state index in [-0.39, 0.29) is 0 Å². The minimum atomic E-state index is 0.298. The van der Waals surface area contributed by atoms with Gasteiger partial charge in [-0.1, -0.05) is 64.7 Å². The molecule has 114 valence electrons. The Hall–Kier alpha value is -0.150. The fraction of sp³-hybridized carbons (Fsp3) is 0.706. The van der Waals surface area contributed by atoms with Crippen molar-refractivity contribution in [1.82, 2.24) is 0 Å². The lowest BCUT2D eigenvalue weighted by Gasteiger charge is -2.02. The molecule has 0 amide bonds. The van der Waals surface area contributed by atoms with Gasteiger partial charge >= 0.3 is 0 Å². The summed E-state index contributed by atoms with van der Waals surface area (Å²) in [6, 6.07) is 1.95. The van der Waals surface area contributed by atoms with Gasteiger partial charge in [-0.15, -0.1) is 11.3 Å². The highest BCUT2D eigenvalue weighted by molar-refractivity contribution is 9.10. The number of carbonyl (C=O) groups excluding carboxylic acids is 1. The summed E-state index contributed by atoms with van der Waals surface area (Å²) >= 11 is 4.97. The van der Waals surface area contributed by atoms with Gasteiger partial charge in [-0.25, -0.2) is 0 Å². The largest absolute Gasteiger partial charge is 0.293 e. The van der Waals surface area contributed by atoms with Crippen molar-refractivity contribution in [3.63, 3.8) is 0 Å². The molecule has 1 aromatic rings. The number of carbonyl (C=O) groups is 1. The van der Waals surface area contributed by atoms with Crippen LogP contribution in [0.1, 0.15) is 87.2 Å². The summed E-state index contributed by atoms with van der Waals surface area (Å²) < 4.78 is 0.958. The van der Waals surface area contributed by atoms with E-state index < -0.39 is 0 Å². The quantitative estimate of drug-likeness (QED) is 0.290. The van der Waals surface area contributed by atoms with Crippen molar-refractivity contribution in [3.05, 3.63) is 20.8 Å². The molecule has 0 aromatic carbocycles. The lowest BCUT2D eigenvalue weighted by molar-refractivity contribution is 0.0982. The van der Waals surface area contributed by atoms with Crippen LogP contribution in [0, 0.1) is 0 Å². The molecule has 0 spiro atoms. The van der Waals surface area contributed by atoms with Gasteiger partial charge in [-0.05, 0) is 33.8 Å². The zero-order valence-corrected chi connectivity index (χ0v) is 15.0. The van der Waals surface area contributed by atoms with Gasteiger partial charge < -0.3 is 0 Å². The number of unbranched alkanes of at least 4 members (excludes halogenated alkanes) is 9. The van der Waals surface area contributed by atoms with Crippen LogP contribution in [0.5, 0.6) is 0 Å². The second-order valence-corrected chi connectivity index (χ2v) is 7.22. The molecule has 0 atom stereocenters. The molecule has 1 heterocycles. The Balaban J connectivity index is 1.92. The molecule has 0 aliphatic heterocycles. The number of ketones is 1. The van der Waals surface area contributed by atoms with Crippen molar-refractivity contribution >= 4 is 33.0 Å². The van der Waals surface area contributed by atoms with Crippen LogP contribution in [-0.2, 0) is 0 Å². The molecule has 0 aliphatic rings. The number of thiophene rings is 1. The topological polar surface area (TPSA) is 17.1 Å². The van der Waals surface area contributed by atoms with E-state index in [4.69, 9.17) is 0 Å². The highest BCUT2D eigenvalue weighted by Crippen LogP contribution is 2.24. The third kappa shape index (κ3) is 7.58. The fourth-order valence-electron chi connectivity index (χ4n) is 2.38. The molecule has 0 N–H and O–H groups in total. The van der Waals surface area contributed by atoms with Crippen LogP contribution in [0.3, 0.4) is 0 Å². The Morgan fingerprint density at radius 1 is 1.00 bits per heavy atom. The van der Waals surface area contributed by atoms with Gasteiger partial charge in [0.15, 0.2) is 5.78 Å². The SMILES string of the molecule is CCCCCCCCCCCCC(=O)c1sccc1Br. The number of hydrogen-bond donors (Lipinski definition) is 0. The van der Waals surface area contributed by atoms with Crippen LogP contribution < -0.4 is 0 Å². The van der Waals surface area contributed by atoms with Crippen molar-refractivity contribution in [1.29, 1.82) is 0 Å². The average molecular weight is 359 g/mol. The first kappa shape index (κ1) is 17.9. The number of rotatable bonds is 12. The van der Waals surface area contributed by atoms with E-state index in [1.807, 2.05) is 11.4 Å². The summed E-state index contributed by atoms with van der Waals surface area (Å²) in [6.07, 6.45) is 13.8. The monoisotopic (exact) mass is 358 g/mol. The van der Waals surface area contributed by atoms with Crippen molar-refractivity contribution < 1.29 is 4.79 Å². The smallest absolute Gasteiger partial charge is 0.173 e. The van der Waals surface area contributed by atoms with Crippen LogP contribution >= 0.6 is 27.3 Å². The molecule has 0 aliphatic carbocycles. The summed E-state index contributed by atoms with van der Waals surface area (Å²) in [4.78, 5) is 12.8. The molecule has 0 fully saturated rings. The van der Waals surface area contributed by atoms with Gasteiger partial charge in [0.2, 0.25) is 0 Å². The second kappa shape index (κ2) is 11.5. The molecule has 0 bridgehead atoms. The lowest BCUT2D eigenvalue weighted by atomic mass is 10.0. The van der Waals surface area contributed by atoms with Crippen molar-refractivity contribution in [3.8, 4) is 0 Å². The van der Waals surface area contributed by atoms with E-state index in [0.717, 1.165) is 15.8 Å². The van der Waals surface area contributed by atoms with E-state index in [9.17, 15) is 4.79 Å². The lowest BCUT2D eigenvalue weighted by Crippen LogP contribution is -1.96. The van der Waals surface area contributed by atoms with Gasteiger partial charge in [-0.3, -0.25) is 4.79 Å². The molecule has 1 nitrogen and oxygen atoms in total. The van der Waals surface area contributed by atoms with Crippen LogP contribution in [0.15, 0.2) is 15.9 Å². The number of halogens is 1. The molecule has 1 aromatic heterocycles. The summed E-state index contributed by atoms with van der Waals surface area (Å²) in [7, 11) is 0. The second-order valence-electron chi connectivity index (χ2n) is 5.45. The Kier molecular flexibility index (Phi) is 10.3. The Labute approximate surface area is 136 Å². The summed E-state index contributed by atoms with van der Waals surface area (Å²) in [5.74, 6) is 0.298. The third-order valence-corrected chi connectivity index (χ3v) is 5.51. The molecule has 0 saturated carbocycles. The molecule has 20 heavy (non-hydrogen) atoms. The zero-order valence-electron chi connectivity index (χ0n) is 12.6. The third-order valence-electron chi connectivity index (χ3n) is 3.63. The first-order chi connectivity index (χ1) is 9.75. The van der Waals surface area contributed by atoms with Crippen LogP contribution in [-0.4, -0.2) is 5.78 Å². The summed E-state index contributed by atoms with van der Waals surface area (Å²) in [5.41, 5.74) is 0. The van der Waals surface area contributed by atoms with Gasteiger partial charge in [0, 0.05) is 10.9 Å². The molecule has 3 heteroatoms. The van der Waals surface area contributed by atoms with E-state index in [2.05, 4.69) is 22.9 Å². The van der Waals surface area contributed by atoms with Gasteiger partial charge in [0.1, 0.15) is 0 Å². The fourth-order valence-corrected chi connectivity index (χ4v) is 3.94. The Morgan fingerprint density at radius 2 is 1.55 bits per heavy atom. The van der Waals surface area contributed by atoms with E-state index in [1.54, 1.807) is 11.3 Å².